The second kappa shape index (κ2) is 7.79. The Morgan fingerprint density at radius 2 is 1.63 bits per heavy atom. The van der Waals surface area contributed by atoms with Crippen LogP contribution in [-0.2, 0) is 14.8 Å². The maximum absolute atomic E-state index is 12.7. The first-order valence-corrected chi connectivity index (χ1v) is 10.1. The number of sulfonamides is 1. The molecule has 2 rings (SSSR count). The van der Waals surface area contributed by atoms with Crippen molar-refractivity contribution in [3.05, 3.63) is 59.2 Å². The Bertz CT molecular complexity index is 966. The number of nitrogens with one attached hydrogen (secondary N) is 1. The number of primary amides is 1. The number of hydrogen-bond acceptors (Lipinski definition) is 4. The Morgan fingerprint density at radius 1 is 1.07 bits per heavy atom. The lowest BCUT2D eigenvalue weighted by atomic mass is 10.1. The zero-order chi connectivity index (χ0) is 20.4. The van der Waals surface area contributed by atoms with Gasteiger partial charge in [-0.15, -0.1) is 0 Å². The van der Waals surface area contributed by atoms with E-state index in [0.29, 0.717) is 5.69 Å². The fraction of sp³-hybridized carbons (Fsp3) is 0.263. The van der Waals surface area contributed by atoms with Crippen LogP contribution in [0.2, 0.25) is 0 Å². The molecule has 2 aromatic carbocycles. The van der Waals surface area contributed by atoms with Crippen molar-refractivity contribution in [1.82, 2.24) is 0 Å². The van der Waals surface area contributed by atoms with Gasteiger partial charge in [-0.3, -0.25) is 13.9 Å². The van der Waals surface area contributed by atoms with Crippen LogP contribution in [0.4, 0.5) is 11.4 Å². The molecule has 0 aliphatic carbocycles. The topological polar surface area (TPSA) is 110 Å². The second-order valence-corrected chi connectivity index (χ2v) is 8.34. The largest absolute Gasteiger partial charge is 0.366 e. The quantitative estimate of drug-likeness (QED) is 0.789. The Kier molecular flexibility index (Phi) is 5.90. The highest BCUT2D eigenvalue weighted by Gasteiger charge is 2.30. The molecule has 0 saturated heterocycles. The number of carbonyl (C=O) groups is 2. The molecule has 0 heterocycles. The molecule has 144 valence electrons. The number of nitrogens with two attached hydrogens (primary N) is 1. The van der Waals surface area contributed by atoms with Crippen molar-refractivity contribution < 1.29 is 18.0 Å². The van der Waals surface area contributed by atoms with Gasteiger partial charge < -0.3 is 11.1 Å². The van der Waals surface area contributed by atoms with Crippen LogP contribution in [0.25, 0.3) is 0 Å². The number of nitrogens with zero attached hydrogens (tertiary/aromatic N) is 1. The molecule has 0 fully saturated rings. The first kappa shape index (κ1) is 20.4. The Balaban J connectivity index is 2.40. The van der Waals surface area contributed by atoms with E-state index in [1.54, 1.807) is 24.3 Å². The van der Waals surface area contributed by atoms with Crippen molar-refractivity contribution in [2.45, 2.75) is 26.8 Å². The summed E-state index contributed by atoms with van der Waals surface area (Å²) in [6.45, 7) is 5.19. The summed E-state index contributed by atoms with van der Waals surface area (Å²) in [7, 11) is -3.73. The molecule has 0 aromatic heterocycles. The third kappa shape index (κ3) is 4.85. The molecule has 0 aliphatic rings. The van der Waals surface area contributed by atoms with Gasteiger partial charge in [0, 0.05) is 0 Å². The van der Waals surface area contributed by atoms with Gasteiger partial charge in [0.1, 0.15) is 6.04 Å². The van der Waals surface area contributed by atoms with Crippen LogP contribution in [0.5, 0.6) is 0 Å². The zero-order valence-electron chi connectivity index (χ0n) is 15.7. The molecular formula is C19H23N3O4S. The van der Waals surface area contributed by atoms with E-state index in [1.165, 1.54) is 19.1 Å². The lowest BCUT2D eigenvalue weighted by molar-refractivity contribution is -0.116. The average molecular weight is 389 g/mol. The minimum atomic E-state index is -3.73. The Morgan fingerprint density at radius 3 is 2.15 bits per heavy atom. The normalized spacial score (nSPS) is 12.3. The summed E-state index contributed by atoms with van der Waals surface area (Å²) >= 11 is 0. The number of para-hydroxylation sites is 1. The summed E-state index contributed by atoms with van der Waals surface area (Å²) in [5.74, 6) is -1.26. The standard InChI is InChI=1S/C19H23N3O4S/c1-12-9-13(2)11-15(10-12)22(27(4,25)26)14(3)19(24)21-17-8-6-5-7-16(17)18(20)23/h5-11,14H,1-4H3,(H2,20,23)(H,21,24)/t14-/m0/s1. The Hall–Kier alpha value is -2.87. The van der Waals surface area contributed by atoms with E-state index in [0.717, 1.165) is 21.7 Å². The van der Waals surface area contributed by atoms with Gasteiger partial charge >= 0.3 is 0 Å². The SMILES string of the molecule is Cc1cc(C)cc(N([C@@H](C)C(=O)Nc2ccccc2C(N)=O)S(C)(=O)=O)c1. The summed E-state index contributed by atoms with van der Waals surface area (Å²) in [6.07, 6.45) is 1.05. The van der Waals surface area contributed by atoms with Gasteiger partial charge in [-0.2, -0.15) is 0 Å². The van der Waals surface area contributed by atoms with Crippen LogP contribution >= 0.6 is 0 Å². The maximum Gasteiger partial charge on any atom is 0.250 e. The first-order chi connectivity index (χ1) is 12.5. The molecule has 2 amide bonds. The zero-order valence-corrected chi connectivity index (χ0v) is 16.5. The number of rotatable bonds is 6. The highest BCUT2D eigenvalue weighted by molar-refractivity contribution is 7.92. The van der Waals surface area contributed by atoms with E-state index in [1.807, 2.05) is 19.9 Å². The molecule has 0 bridgehead atoms. The minimum absolute atomic E-state index is 0.148. The molecule has 2 aromatic rings. The summed E-state index contributed by atoms with van der Waals surface area (Å²) in [5, 5.41) is 2.60. The van der Waals surface area contributed by atoms with Crippen molar-refractivity contribution in [2.75, 3.05) is 15.9 Å². The van der Waals surface area contributed by atoms with Crippen molar-refractivity contribution in [3.8, 4) is 0 Å². The van der Waals surface area contributed by atoms with Gasteiger partial charge in [0.15, 0.2) is 0 Å². The molecule has 0 saturated carbocycles. The molecular weight excluding hydrogens is 366 g/mol. The fourth-order valence-corrected chi connectivity index (χ4v) is 4.09. The number of benzene rings is 2. The lowest BCUT2D eigenvalue weighted by Crippen LogP contribution is -2.45. The lowest BCUT2D eigenvalue weighted by Gasteiger charge is -2.29. The highest BCUT2D eigenvalue weighted by atomic mass is 32.2. The molecule has 7 nitrogen and oxygen atoms in total. The number of anilines is 2. The van der Waals surface area contributed by atoms with Gasteiger partial charge in [0.25, 0.3) is 5.91 Å². The molecule has 0 spiro atoms. The molecule has 0 aliphatic heterocycles. The fourth-order valence-electron chi connectivity index (χ4n) is 2.93. The summed E-state index contributed by atoms with van der Waals surface area (Å²) < 4.78 is 25.9. The van der Waals surface area contributed by atoms with E-state index < -0.39 is 27.9 Å². The second-order valence-electron chi connectivity index (χ2n) is 6.48. The predicted molar refractivity (Wildman–Crippen MR) is 106 cm³/mol. The average Bonchev–Trinajstić information content (AvgIpc) is 2.52. The van der Waals surface area contributed by atoms with Gasteiger partial charge in [-0.1, -0.05) is 18.2 Å². The predicted octanol–water partition coefficient (Wildman–Crippen LogP) is 2.20. The van der Waals surface area contributed by atoms with Gasteiger partial charge in [0.05, 0.1) is 23.2 Å². The van der Waals surface area contributed by atoms with Gasteiger partial charge in [-0.25, -0.2) is 8.42 Å². The monoisotopic (exact) mass is 389 g/mol. The van der Waals surface area contributed by atoms with Crippen LogP contribution in [0.1, 0.15) is 28.4 Å². The van der Waals surface area contributed by atoms with Crippen LogP contribution in [0.3, 0.4) is 0 Å². The molecule has 0 unspecified atom stereocenters. The third-order valence-corrected chi connectivity index (χ3v) is 5.24. The van der Waals surface area contributed by atoms with E-state index in [-0.39, 0.29) is 11.3 Å². The van der Waals surface area contributed by atoms with Crippen molar-refractivity contribution in [2.24, 2.45) is 5.73 Å². The van der Waals surface area contributed by atoms with Crippen LogP contribution in [0, 0.1) is 13.8 Å². The molecule has 8 heteroatoms. The number of aryl methyl sites for hydroxylation is 2. The van der Waals surface area contributed by atoms with Crippen LogP contribution < -0.4 is 15.4 Å². The number of carbonyl (C=O) groups excluding carboxylic acids is 2. The molecule has 3 N–H and O–H groups in total. The Labute approximate surface area is 159 Å². The summed E-state index contributed by atoms with van der Waals surface area (Å²) in [6, 6.07) is 10.6. The van der Waals surface area contributed by atoms with E-state index in [4.69, 9.17) is 5.73 Å². The van der Waals surface area contributed by atoms with Crippen molar-refractivity contribution >= 4 is 33.2 Å². The van der Waals surface area contributed by atoms with Crippen molar-refractivity contribution in [1.29, 1.82) is 0 Å². The van der Waals surface area contributed by atoms with Crippen LogP contribution in [-0.4, -0.2) is 32.5 Å². The molecule has 27 heavy (non-hydrogen) atoms. The summed E-state index contributed by atoms with van der Waals surface area (Å²) in [5.41, 5.74) is 7.87. The number of amides is 2. The van der Waals surface area contributed by atoms with Gasteiger partial charge in [0.2, 0.25) is 15.9 Å². The van der Waals surface area contributed by atoms with Crippen LogP contribution in [0.15, 0.2) is 42.5 Å². The minimum Gasteiger partial charge on any atom is -0.366 e. The highest BCUT2D eigenvalue weighted by Crippen LogP contribution is 2.25. The van der Waals surface area contributed by atoms with E-state index in [2.05, 4.69) is 5.32 Å². The third-order valence-electron chi connectivity index (χ3n) is 4.00. The number of hydrogen-bond donors (Lipinski definition) is 2. The van der Waals surface area contributed by atoms with Gasteiger partial charge in [-0.05, 0) is 56.2 Å². The van der Waals surface area contributed by atoms with E-state index >= 15 is 0 Å². The molecule has 0 radical (unpaired) electrons. The summed E-state index contributed by atoms with van der Waals surface area (Å²) in [4.78, 5) is 24.3. The van der Waals surface area contributed by atoms with Crippen molar-refractivity contribution in [3.63, 3.8) is 0 Å². The first-order valence-electron chi connectivity index (χ1n) is 8.28. The molecule has 1 atom stereocenters. The smallest absolute Gasteiger partial charge is 0.250 e. The van der Waals surface area contributed by atoms with E-state index in [9.17, 15) is 18.0 Å². The maximum atomic E-state index is 12.7.